The first kappa shape index (κ1) is 20.4. The summed E-state index contributed by atoms with van der Waals surface area (Å²) in [5, 5.41) is 9.00. The Kier molecular flexibility index (Phi) is 5.72. The van der Waals surface area contributed by atoms with E-state index in [2.05, 4.69) is 21.0 Å². The standard InChI is InChI=1S/C23H24N6O2S/c30-22-25-10-13-29(22)19-3-1-2-18(14-19)26-23(31)28-11-6-17(7-12-28)21-27-20(15-32-21)16-4-8-24-9-5-16/h1-5,8-9,14-15,17H,6-7,10-13H2,(H,25,30)(H,26,31). The van der Waals surface area contributed by atoms with E-state index in [1.165, 1.54) is 0 Å². The molecule has 2 saturated heterocycles. The first-order valence-corrected chi connectivity index (χ1v) is 11.6. The number of hydrogen-bond acceptors (Lipinski definition) is 5. The molecule has 0 bridgehead atoms. The summed E-state index contributed by atoms with van der Waals surface area (Å²) in [4.78, 5) is 37.1. The summed E-state index contributed by atoms with van der Waals surface area (Å²) < 4.78 is 0. The second-order valence-corrected chi connectivity index (χ2v) is 8.82. The van der Waals surface area contributed by atoms with E-state index in [1.54, 1.807) is 28.6 Å². The van der Waals surface area contributed by atoms with E-state index in [4.69, 9.17) is 4.98 Å². The topological polar surface area (TPSA) is 90.5 Å². The maximum Gasteiger partial charge on any atom is 0.321 e. The van der Waals surface area contributed by atoms with Gasteiger partial charge in [0.1, 0.15) is 0 Å². The summed E-state index contributed by atoms with van der Waals surface area (Å²) in [6.07, 6.45) is 5.34. The third-order valence-electron chi connectivity index (χ3n) is 5.90. The quantitative estimate of drug-likeness (QED) is 0.627. The minimum Gasteiger partial charge on any atom is -0.336 e. The van der Waals surface area contributed by atoms with Gasteiger partial charge in [-0.05, 0) is 43.2 Å². The number of anilines is 2. The molecule has 2 aliphatic heterocycles. The molecule has 0 atom stereocenters. The van der Waals surface area contributed by atoms with Crippen LogP contribution in [0.25, 0.3) is 11.3 Å². The molecule has 2 N–H and O–H groups in total. The van der Waals surface area contributed by atoms with Gasteiger partial charge in [0, 0.05) is 66.8 Å². The van der Waals surface area contributed by atoms with Crippen molar-refractivity contribution in [3.63, 3.8) is 0 Å². The molecule has 5 rings (SSSR count). The van der Waals surface area contributed by atoms with Crippen LogP contribution in [0.4, 0.5) is 21.0 Å². The number of carbonyl (C=O) groups excluding carboxylic acids is 2. The maximum atomic E-state index is 12.8. The van der Waals surface area contributed by atoms with Gasteiger partial charge in [0.15, 0.2) is 0 Å². The third kappa shape index (κ3) is 4.29. The first-order chi connectivity index (χ1) is 15.7. The molecule has 2 aliphatic rings. The summed E-state index contributed by atoms with van der Waals surface area (Å²) in [6.45, 7) is 2.64. The summed E-state index contributed by atoms with van der Waals surface area (Å²) in [7, 11) is 0. The normalized spacial score (nSPS) is 16.8. The molecule has 8 nitrogen and oxygen atoms in total. The first-order valence-electron chi connectivity index (χ1n) is 10.7. The predicted molar refractivity (Wildman–Crippen MR) is 125 cm³/mol. The zero-order valence-corrected chi connectivity index (χ0v) is 18.3. The number of thiazole rings is 1. The number of piperidine rings is 1. The lowest BCUT2D eigenvalue weighted by Gasteiger charge is -2.31. The van der Waals surface area contributed by atoms with Gasteiger partial charge < -0.3 is 15.5 Å². The van der Waals surface area contributed by atoms with Crippen LogP contribution < -0.4 is 15.5 Å². The van der Waals surface area contributed by atoms with Crippen molar-refractivity contribution >= 4 is 34.8 Å². The Bertz CT molecular complexity index is 1110. The van der Waals surface area contributed by atoms with E-state index in [0.29, 0.717) is 37.8 Å². The minimum atomic E-state index is -0.108. The van der Waals surface area contributed by atoms with Crippen molar-refractivity contribution in [1.82, 2.24) is 20.2 Å². The van der Waals surface area contributed by atoms with Gasteiger partial charge >= 0.3 is 12.1 Å². The van der Waals surface area contributed by atoms with Gasteiger partial charge in [-0.2, -0.15) is 0 Å². The number of urea groups is 2. The number of amides is 4. The van der Waals surface area contributed by atoms with Crippen molar-refractivity contribution in [2.75, 3.05) is 36.4 Å². The fraction of sp³-hybridized carbons (Fsp3) is 0.304. The monoisotopic (exact) mass is 448 g/mol. The van der Waals surface area contributed by atoms with Crippen molar-refractivity contribution in [3.8, 4) is 11.3 Å². The van der Waals surface area contributed by atoms with Crippen LogP contribution in [0.3, 0.4) is 0 Å². The molecule has 1 aromatic carbocycles. The van der Waals surface area contributed by atoms with Gasteiger partial charge in [-0.3, -0.25) is 9.88 Å². The number of carbonyl (C=O) groups is 2. The van der Waals surface area contributed by atoms with Gasteiger partial charge in [0.25, 0.3) is 0 Å². The number of likely N-dealkylation sites (tertiary alicyclic amines) is 1. The van der Waals surface area contributed by atoms with Gasteiger partial charge in [0.2, 0.25) is 0 Å². The molecule has 4 amide bonds. The van der Waals surface area contributed by atoms with E-state index in [1.807, 2.05) is 41.3 Å². The summed E-state index contributed by atoms with van der Waals surface area (Å²) in [5.74, 6) is 0.372. The van der Waals surface area contributed by atoms with Crippen LogP contribution in [0.15, 0.2) is 54.2 Å². The average Bonchev–Trinajstić information content (AvgIpc) is 3.49. The second-order valence-electron chi connectivity index (χ2n) is 7.93. The fourth-order valence-electron chi connectivity index (χ4n) is 4.13. The molecule has 0 aliphatic carbocycles. The molecule has 3 aromatic rings. The SMILES string of the molecule is O=C(Nc1cccc(N2CCNC2=O)c1)N1CCC(c2nc(-c3ccncc3)cs2)CC1. The average molecular weight is 449 g/mol. The Labute approximate surface area is 190 Å². The molecule has 32 heavy (non-hydrogen) atoms. The van der Waals surface area contributed by atoms with Gasteiger partial charge in [-0.25, -0.2) is 14.6 Å². The molecule has 164 valence electrons. The van der Waals surface area contributed by atoms with E-state index in [0.717, 1.165) is 34.8 Å². The van der Waals surface area contributed by atoms with Crippen LogP contribution in [-0.4, -0.2) is 53.1 Å². The van der Waals surface area contributed by atoms with Crippen LogP contribution in [0.5, 0.6) is 0 Å². The Balaban J connectivity index is 1.18. The largest absolute Gasteiger partial charge is 0.336 e. The Hall–Kier alpha value is -3.46. The summed E-state index contributed by atoms with van der Waals surface area (Å²) in [5.41, 5.74) is 3.54. The number of nitrogens with one attached hydrogen (secondary N) is 2. The molecule has 0 spiro atoms. The number of aromatic nitrogens is 2. The number of rotatable bonds is 4. The molecule has 0 saturated carbocycles. The minimum absolute atomic E-state index is 0.107. The zero-order valence-electron chi connectivity index (χ0n) is 17.5. The number of hydrogen-bond donors (Lipinski definition) is 2. The summed E-state index contributed by atoms with van der Waals surface area (Å²) >= 11 is 1.69. The molecule has 2 fully saturated rings. The Morgan fingerprint density at radius 1 is 1.12 bits per heavy atom. The van der Waals surface area contributed by atoms with Gasteiger partial charge in [-0.15, -0.1) is 11.3 Å². The lowest BCUT2D eigenvalue weighted by atomic mass is 9.98. The van der Waals surface area contributed by atoms with Crippen molar-refractivity contribution in [3.05, 3.63) is 59.2 Å². The van der Waals surface area contributed by atoms with Crippen molar-refractivity contribution in [1.29, 1.82) is 0 Å². The van der Waals surface area contributed by atoms with E-state index in [-0.39, 0.29) is 12.1 Å². The molecule has 2 aromatic heterocycles. The van der Waals surface area contributed by atoms with E-state index < -0.39 is 0 Å². The fourth-order valence-corrected chi connectivity index (χ4v) is 5.13. The van der Waals surface area contributed by atoms with Gasteiger partial charge in [0.05, 0.1) is 10.7 Å². The number of pyridine rings is 1. The second kappa shape index (κ2) is 8.96. The highest BCUT2D eigenvalue weighted by atomic mass is 32.1. The molecule has 9 heteroatoms. The number of nitrogens with zero attached hydrogens (tertiary/aromatic N) is 4. The van der Waals surface area contributed by atoms with Crippen molar-refractivity contribution in [2.45, 2.75) is 18.8 Å². The highest BCUT2D eigenvalue weighted by molar-refractivity contribution is 7.10. The molecule has 4 heterocycles. The van der Waals surface area contributed by atoms with Crippen LogP contribution in [0, 0.1) is 0 Å². The lowest BCUT2D eigenvalue weighted by molar-refractivity contribution is 0.194. The van der Waals surface area contributed by atoms with E-state index in [9.17, 15) is 9.59 Å². The zero-order chi connectivity index (χ0) is 21.9. The lowest BCUT2D eigenvalue weighted by Crippen LogP contribution is -2.40. The Morgan fingerprint density at radius 3 is 2.69 bits per heavy atom. The van der Waals surface area contributed by atoms with Crippen LogP contribution in [0.1, 0.15) is 23.8 Å². The molecule has 0 unspecified atom stereocenters. The van der Waals surface area contributed by atoms with E-state index >= 15 is 0 Å². The van der Waals surface area contributed by atoms with Crippen LogP contribution in [-0.2, 0) is 0 Å². The predicted octanol–water partition coefficient (Wildman–Crippen LogP) is 4.15. The van der Waals surface area contributed by atoms with Crippen LogP contribution >= 0.6 is 11.3 Å². The highest BCUT2D eigenvalue weighted by Crippen LogP contribution is 2.33. The molecular weight excluding hydrogens is 424 g/mol. The smallest absolute Gasteiger partial charge is 0.321 e. The number of benzene rings is 1. The van der Waals surface area contributed by atoms with Crippen LogP contribution in [0.2, 0.25) is 0 Å². The molecule has 0 radical (unpaired) electrons. The summed E-state index contributed by atoms with van der Waals surface area (Å²) in [6, 6.07) is 11.1. The Morgan fingerprint density at radius 2 is 1.94 bits per heavy atom. The molecular formula is C23H24N6O2S. The van der Waals surface area contributed by atoms with Crippen molar-refractivity contribution in [2.24, 2.45) is 0 Å². The van der Waals surface area contributed by atoms with Crippen molar-refractivity contribution < 1.29 is 9.59 Å². The third-order valence-corrected chi connectivity index (χ3v) is 6.90. The maximum absolute atomic E-state index is 12.8. The van der Waals surface area contributed by atoms with Gasteiger partial charge in [-0.1, -0.05) is 6.07 Å². The highest BCUT2D eigenvalue weighted by Gasteiger charge is 2.26.